The Morgan fingerprint density at radius 3 is 2.07 bits per heavy atom. The van der Waals surface area contributed by atoms with Crippen LogP contribution in [0.5, 0.6) is 0 Å². The van der Waals surface area contributed by atoms with Crippen molar-refractivity contribution in [1.29, 1.82) is 0 Å². The molecule has 0 radical (unpaired) electrons. The second-order valence-corrected chi connectivity index (χ2v) is 5.74. The average molecular weight is 450 g/mol. The van der Waals surface area contributed by atoms with E-state index in [9.17, 15) is 0 Å². The summed E-state index contributed by atoms with van der Waals surface area (Å²) in [7, 11) is 0. The normalized spacial score (nSPS) is 10.6. The number of hydrogen-bond acceptors (Lipinski definition) is 0. The molecule has 0 unspecified atom stereocenters. The van der Waals surface area contributed by atoms with E-state index < -0.39 is 0 Å². The Balaban J connectivity index is 3.17. The summed E-state index contributed by atoms with van der Waals surface area (Å²) in [5.41, 5.74) is 4.17. The smallest absolute Gasteiger partial charge is 0.0288 e. The summed E-state index contributed by atoms with van der Waals surface area (Å²) in [4.78, 5) is 0. The van der Waals surface area contributed by atoms with Gasteiger partial charge in [0.05, 0.1) is 0 Å². The fourth-order valence-corrected chi connectivity index (χ4v) is 3.57. The van der Waals surface area contributed by atoms with Gasteiger partial charge < -0.3 is 0 Å². The largest absolute Gasteiger partial charge is 0.0924 e. The lowest BCUT2D eigenvalue weighted by Gasteiger charge is -2.11. The standard InChI is InChI=1S/C10H10Br4/c11-2-1-7-3-9(14)4-8(5-12)10(7)6-13/h3-4H,1-2,5-6H2. The topological polar surface area (TPSA) is 0 Å². The molecular formula is C10H10Br4. The van der Waals surface area contributed by atoms with Gasteiger partial charge in [-0.05, 0) is 35.2 Å². The number of benzene rings is 1. The minimum absolute atomic E-state index is 0.905. The van der Waals surface area contributed by atoms with Crippen LogP contribution in [0.3, 0.4) is 0 Å². The van der Waals surface area contributed by atoms with Crippen LogP contribution in [-0.4, -0.2) is 5.33 Å². The predicted molar refractivity (Wildman–Crippen MR) is 76.9 cm³/mol. The van der Waals surface area contributed by atoms with Crippen molar-refractivity contribution >= 4 is 63.7 Å². The molecule has 0 amide bonds. The summed E-state index contributed by atoms with van der Waals surface area (Å²) in [5.74, 6) is 0. The third-order valence-electron chi connectivity index (χ3n) is 2.04. The van der Waals surface area contributed by atoms with Gasteiger partial charge in [-0.1, -0.05) is 63.7 Å². The maximum Gasteiger partial charge on any atom is 0.0288 e. The molecule has 0 aliphatic carbocycles. The van der Waals surface area contributed by atoms with Gasteiger partial charge in [-0.2, -0.15) is 0 Å². The average Bonchev–Trinajstić information content (AvgIpc) is 2.17. The number of halogens is 4. The third-order valence-corrected chi connectivity index (χ3v) is 4.06. The second kappa shape index (κ2) is 6.66. The van der Waals surface area contributed by atoms with Crippen molar-refractivity contribution in [3.8, 4) is 0 Å². The van der Waals surface area contributed by atoms with Crippen LogP contribution >= 0.6 is 63.7 Å². The van der Waals surface area contributed by atoms with E-state index in [0.29, 0.717) is 0 Å². The summed E-state index contributed by atoms with van der Waals surface area (Å²) in [6.45, 7) is 0. The highest BCUT2D eigenvalue weighted by atomic mass is 79.9. The first-order valence-corrected chi connectivity index (χ1v) is 8.36. The molecule has 1 aromatic carbocycles. The zero-order chi connectivity index (χ0) is 10.6. The first kappa shape index (κ1) is 13.2. The van der Waals surface area contributed by atoms with Crippen LogP contribution in [0.25, 0.3) is 0 Å². The Kier molecular flexibility index (Phi) is 6.29. The minimum Gasteiger partial charge on any atom is -0.0924 e. The van der Waals surface area contributed by atoms with Crippen LogP contribution in [0.1, 0.15) is 16.7 Å². The highest BCUT2D eigenvalue weighted by Gasteiger charge is 2.07. The number of alkyl halides is 3. The molecule has 4 heteroatoms. The molecule has 1 aromatic rings. The van der Waals surface area contributed by atoms with Crippen molar-refractivity contribution in [3.63, 3.8) is 0 Å². The van der Waals surface area contributed by atoms with E-state index in [1.165, 1.54) is 16.7 Å². The second-order valence-electron chi connectivity index (χ2n) is 2.91. The molecule has 0 aliphatic heterocycles. The zero-order valence-electron chi connectivity index (χ0n) is 7.49. The van der Waals surface area contributed by atoms with Gasteiger partial charge in [-0.15, -0.1) is 0 Å². The Hall–Kier alpha value is 1.14. The van der Waals surface area contributed by atoms with Crippen LogP contribution in [0, 0.1) is 0 Å². The van der Waals surface area contributed by atoms with Gasteiger partial charge in [0.25, 0.3) is 0 Å². The molecule has 0 spiro atoms. The molecular weight excluding hydrogens is 440 g/mol. The first-order valence-electron chi connectivity index (χ1n) is 4.21. The van der Waals surface area contributed by atoms with Crippen molar-refractivity contribution in [2.24, 2.45) is 0 Å². The Morgan fingerprint density at radius 2 is 1.57 bits per heavy atom. The molecule has 0 aromatic heterocycles. The van der Waals surface area contributed by atoms with Gasteiger partial charge in [0.1, 0.15) is 0 Å². The van der Waals surface area contributed by atoms with Crippen molar-refractivity contribution < 1.29 is 0 Å². The molecule has 78 valence electrons. The van der Waals surface area contributed by atoms with Gasteiger partial charge in [-0.25, -0.2) is 0 Å². The molecule has 0 saturated carbocycles. The fourth-order valence-electron chi connectivity index (χ4n) is 1.37. The third kappa shape index (κ3) is 3.32. The molecule has 0 heterocycles. The summed E-state index contributed by atoms with van der Waals surface area (Å²) in [6, 6.07) is 4.37. The van der Waals surface area contributed by atoms with E-state index >= 15 is 0 Å². The van der Waals surface area contributed by atoms with E-state index in [1.54, 1.807) is 0 Å². The fraction of sp³-hybridized carbons (Fsp3) is 0.400. The Morgan fingerprint density at radius 1 is 0.929 bits per heavy atom. The lowest BCUT2D eigenvalue weighted by molar-refractivity contribution is 1.10. The number of rotatable bonds is 4. The highest BCUT2D eigenvalue weighted by molar-refractivity contribution is 9.10. The summed E-state index contributed by atoms with van der Waals surface area (Å²) in [5, 5.41) is 2.83. The Bertz CT molecular complexity index is 309. The van der Waals surface area contributed by atoms with Gasteiger partial charge in [0.2, 0.25) is 0 Å². The molecule has 0 saturated heterocycles. The highest BCUT2D eigenvalue weighted by Crippen LogP contribution is 2.26. The van der Waals surface area contributed by atoms with E-state index in [-0.39, 0.29) is 0 Å². The maximum atomic E-state index is 3.54. The van der Waals surface area contributed by atoms with Gasteiger partial charge in [0.15, 0.2) is 0 Å². The maximum absolute atomic E-state index is 3.54. The molecule has 0 atom stereocenters. The molecule has 0 bridgehead atoms. The lowest BCUT2D eigenvalue weighted by atomic mass is 10.0. The van der Waals surface area contributed by atoms with Crippen molar-refractivity contribution in [3.05, 3.63) is 33.3 Å². The number of hydrogen-bond donors (Lipinski definition) is 0. The van der Waals surface area contributed by atoms with Crippen LogP contribution in [0.2, 0.25) is 0 Å². The first-order chi connectivity index (χ1) is 6.72. The minimum atomic E-state index is 0.905. The summed E-state index contributed by atoms with van der Waals surface area (Å²) >= 11 is 14.1. The quantitative estimate of drug-likeness (QED) is 0.556. The SMILES string of the molecule is BrCCc1cc(Br)cc(CBr)c1CBr. The number of aryl methyl sites for hydroxylation is 1. The molecule has 0 nitrogen and oxygen atoms in total. The molecule has 1 rings (SSSR count). The van der Waals surface area contributed by atoms with Crippen LogP contribution in [0.4, 0.5) is 0 Å². The zero-order valence-corrected chi connectivity index (χ0v) is 13.8. The van der Waals surface area contributed by atoms with Gasteiger partial charge in [0, 0.05) is 20.5 Å². The van der Waals surface area contributed by atoms with Crippen LogP contribution in [0.15, 0.2) is 16.6 Å². The molecule has 14 heavy (non-hydrogen) atoms. The Labute approximate surface area is 118 Å². The monoisotopic (exact) mass is 446 g/mol. The molecule has 0 aliphatic rings. The van der Waals surface area contributed by atoms with E-state index in [1.807, 2.05) is 0 Å². The summed E-state index contributed by atoms with van der Waals surface area (Å²) < 4.78 is 1.16. The molecule has 0 N–H and O–H groups in total. The van der Waals surface area contributed by atoms with Crippen molar-refractivity contribution in [2.75, 3.05) is 5.33 Å². The van der Waals surface area contributed by atoms with E-state index in [0.717, 1.165) is 26.9 Å². The van der Waals surface area contributed by atoms with Gasteiger partial charge >= 0.3 is 0 Å². The van der Waals surface area contributed by atoms with E-state index in [2.05, 4.69) is 75.9 Å². The molecule has 0 fully saturated rings. The van der Waals surface area contributed by atoms with Crippen LogP contribution in [-0.2, 0) is 17.1 Å². The van der Waals surface area contributed by atoms with Crippen molar-refractivity contribution in [2.45, 2.75) is 17.1 Å². The van der Waals surface area contributed by atoms with Gasteiger partial charge in [-0.3, -0.25) is 0 Å². The predicted octanol–water partition coefficient (Wildman–Crippen LogP) is 5.18. The van der Waals surface area contributed by atoms with E-state index in [4.69, 9.17) is 0 Å². The van der Waals surface area contributed by atoms with Crippen molar-refractivity contribution in [1.82, 2.24) is 0 Å². The van der Waals surface area contributed by atoms with Crippen LogP contribution < -0.4 is 0 Å². The summed E-state index contributed by atoms with van der Waals surface area (Å²) in [6.07, 6.45) is 1.07. The lowest BCUT2D eigenvalue weighted by Crippen LogP contribution is -1.98.